The molecular weight excluding hydrogens is 341 g/mol. The molecule has 1 fully saturated rings. The standard InChI is InChI=1S/C13H27N3O.HI/c1-3-17-11-7-10-15-13(14-2)16-12-8-5-4-6-9-12;/h12H,3-11H2,1-2H3,(H2,14,15,16);1H. The quantitative estimate of drug-likeness (QED) is 0.327. The van der Waals surface area contributed by atoms with Crippen LogP contribution in [0.25, 0.3) is 0 Å². The first-order valence-corrected chi connectivity index (χ1v) is 6.91. The number of nitrogens with zero attached hydrogens (tertiary/aromatic N) is 1. The number of halogens is 1. The molecule has 0 aliphatic heterocycles. The predicted molar refractivity (Wildman–Crippen MR) is 87.9 cm³/mol. The molecule has 1 aliphatic rings. The topological polar surface area (TPSA) is 45.6 Å². The van der Waals surface area contributed by atoms with Gasteiger partial charge in [0.15, 0.2) is 5.96 Å². The van der Waals surface area contributed by atoms with Crippen LogP contribution in [0.4, 0.5) is 0 Å². The third kappa shape index (κ3) is 8.13. The van der Waals surface area contributed by atoms with E-state index in [1.54, 1.807) is 0 Å². The molecule has 0 spiro atoms. The maximum atomic E-state index is 5.30. The van der Waals surface area contributed by atoms with Crippen molar-refractivity contribution in [1.82, 2.24) is 10.6 Å². The van der Waals surface area contributed by atoms with Crippen LogP contribution in [0.5, 0.6) is 0 Å². The minimum absolute atomic E-state index is 0. The van der Waals surface area contributed by atoms with E-state index >= 15 is 0 Å². The van der Waals surface area contributed by atoms with E-state index < -0.39 is 0 Å². The van der Waals surface area contributed by atoms with Crippen molar-refractivity contribution in [3.05, 3.63) is 0 Å². The van der Waals surface area contributed by atoms with Crippen LogP contribution >= 0.6 is 24.0 Å². The minimum Gasteiger partial charge on any atom is -0.382 e. The van der Waals surface area contributed by atoms with Gasteiger partial charge >= 0.3 is 0 Å². The zero-order valence-corrected chi connectivity index (χ0v) is 14.0. The molecule has 0 unspecified atom stereocenters. The molecule has 4 nitrogen and oxygen atoms in total. The highest BCUT2D eigenvalue weighted by atomic mass is 127. The van der Waals surface area contributed by atoms with Gasteiger partial charge < -0.3 is 15.4 Å². The third-order valence-electron chi connectivity index (χ3n) is 3.13. The summed E-state index contributed by atoms with van der Waals surface area (Å²) in [6.07, 6.45) is 7.66. The highest BCUT2D eigenvalue weighted by Gasteiger charge is 2.13. The van der Waals surface area contributed by atoms with Crippen molar-refractivity contribution in [1.29, 1.82) is 0 Å². The molecule has 108 valence electrons. The van der Waals surface area contributed by atoms with E-state index in [4.69, 9.17) is 4.74 Å². The van der Waals surface area contributed by atoms with Crippen LogP contribution in [0.2, 0.25) is 0 Å². The van der Waals surface area contributed by atoms with Gasteiger partial charge in [0.1, 0.15) is 0 Å². The van der Waals surface area contributed by atoms with Gasteiger partial charge in [-0.25, -0.2) is 0 Å². The maximum absolute atomic E-state index is 5.30. The molecule has 0 amide bonds. The number of hydrogen-bond donors (Lipinski definition) is 2. The second-order valence-corrected chi connectivity index (χ2v) is 4.53. The first kappa shape index (κ1) is 18.0. The molecule has 0 radical (unpaired) electrons. The van der Waals surface area contributed by atoms with Crippen LogP contribution in [-0.4, -0.2) is 38.8 Å². The summed E-state index contributed by atoms with van der Waals surface area (Å²) in [6.45, 7) is 4.57. The summed E-state index contributed by atoms with van der Waals surface area (Å²) in [5.74, 6) is 0.938. The summed E-state index contributed by atoms with van der Waals surface area (Å²) in [4.78, 5) is 4.25. The molecule has 0 atom stereocenters. The summed E-state index contributed by atoms with van der Waals surface area (Å²) >= 11 is 0. The Labute approximate surface area is 128 Å². The van der Waals surface area contributed by atoms with Gasteiger partial charge in [-0.1, -0.05) is 19.3 Å². The van der Waals surface area contributed by atoms with Crippen molar-refractivity contribution in [2.24, 2.45) is 4.99 Å². The zero-order valence-electron chi connectivity index (χ0n) is 11.7. The van der Waals surface area contributed by atoms with Gasteiger partial charge in [-0.05, 0) is 26.2 Å². The fourth-order valence-electron chi connectivity index (χ4n) is 2.16. The summed E-state index contributed by atoms with van der Waals surface area (Å²) in [5, 5.41) is 6.83. The number of nitrogens with one attached hydrogen (secondary N) is 2. The van der Waals surface area contributed by atoms with E-state index in [2.05, 4.69) is 15.6 Å². The first-order valence-electron chi connectivity index (χ1n) is 6.91. The molecule has 2 N–H and O–H groups in total. The van der Waals surface area contributed by atoms with Gasteiger partial charge in [0.2, 0.25) is 0 Å². The Balaban J connectivity index is 0.00000289. The van der Waals surface area contributed by atoms with Crippen molar-refractivity contribution in [2.75, 3.05) is 26.8 Å². The number of aliphatic imine (C=N–C) groups is 1. The molecular formula is C13H28IN3O. The number of ether oxygens (including phenoxy) is 1. The number of rotatable bonds is 6. The highest BCUT2D eigenvalue weighted by Crippen LogP contribution is 2.17. The molecule has 0 saturated heterocycles. The Morgan fingerprint density at radius 1 is 1.28 bits per heavy atom. The Kier molecular flexibility index (Phi) is 12.0. The number of hydrogen-bond acceptors (Lipinski definition) is 2. The lowest BCUT2D eigenvalue weighted by atomic mass is 9.96. The van der Waals surface area contributed by atoms with E-state index in [1.807, 2.05) is 14.0 Å². The van der Waals surface area contributed by atoms with Crippen molar-refractivity contribution in [3.63, 3.8) is 0 Å². The summed E-state index contributed by atoms with van der Waals surface area (Å²) in [7, 11) is 1.83. The molecule has 1 rings (SSSR count). The lowest BCUT2D eigenvalue weighted by Crippen LogP contribution is -2.44. The van der Waals surface area contributed by atoms with Crippen molar-refractivity contribution in [2.45, 2.75) is 51.5 Å². The SMILES string of the molecule is CCOCCCNC(=NC)NC1CCCCC1.I. The zero-order chi connectivity index (χ0) is 12.3. The Morgan fingerprint density at radius 2 is 2.00 bits per heavy atom. The smallest absolute Gasteiger partial charge is 0.191 e. The summed E-state index contributed by atoms with van der Waals surface area (Å²) in [6, 6.07) is 0.613. The fourth-order valence-corrected chi connectivity index (χ4v) is 2.16. The van der Waals surface area contributed by atoms with Gasteiger partial charge in [-0.3, -0.25) is 4.99 Å². The largest absolute Gasteiger partial charge is 0.382 e. The van der Waals surface area contributed by atoms with Gasteiger partial charge in [-0.15, -0.1) is 24.0 Å². The van der Waals surface area contributed by atoms with Gasteiger partial charge in [-0.2, -0.15) is 0 Å². The number of guanidine groups is 1. The molecule has 0 bridgehead atoms. The molecule has 0 aromatic carbocycles. The Morgan fingerprint density at radius 3 is 2.61 bits per heavy atom. The molecule has 0 heterocycles. The van der Waals surface area contributed by atoms with E-state index in [1.165, 1.54) is 32.1 Å². The van der Waals surface area contributed by atoms with Crippen LogP contribution in [0.3, 0.4) is 0 Å². The molecule has 0 aromatic heterocycles. The van der Waals surface area contributed by atoms with Crippen LogP contribution in [0.15, 0.2) is 4.99 Å². The normalized spacial score (nSPS) is 17.1. The molecule has 0 aromatic rings. The molecule has 1 aliphatic carbocycles. The van der Waals surface area contributed by atoms with E-state index in [0.29, 0.717) is 6.04 Å². The predicted octanol–water partition coefficient (Wildman–Crippen LogP) is 2.53. The average molecular weight is 369 g/mol. The molecule has 5 heteroatoms. The Bertz CT molecular complexity index is 218. The lowest BCUT2D eigenvalue weighted by Gasteiger charge is -2.24. The second-order valence-electron chi connectivity index (χ2n) is 4.53. The Hall–Kier alpha value is -0.0400. The minimum atomic E-state index is 0. The fraction of sp³-hybridized carbons (Fsp3) is 0.923. The van der Waals surface area contributed by atoms with Crippen LogP contribution in [-0.2, 0) is 4.74 Å². The van der Waals surface area contributed by atoms with Crippen molar-refractivity contribution < 1.29 is 4.74 Å². The van der Waals surface area contributed by atoms with Gasteiger partial charge in [0.05, 0.1) is 0 Å². The monoisotopic (exact) mass is 369 g/mol. The van der Waals surface area contributed by atoms with Gasteiger partial charge in [0.25, 0.3) is 0 Å². The molecule has 18 heavy (non-hydrogen) atoms. The van der Waals surface area contributed by atoms with E-state index in [0.717, 1.165) is 32.1 Å². The first-order chi connectivity index (χ1) is 8.36. The van der Waals surface area contributed by atoms with Crippen molar-refractivity contribution in [3.8, 4) is 0 Å². The van der Waals surface area contributed by atoms with Crippen LogP contribution < -0.4 is 10.6 Å². The highest BCUT2D eigenvalue weighted by molar-refractivity contribution is 14.0. The van der Waals surface area contributed by atoms with Crippen LogP contribution in [0, 0.1) is 0 Å². The van der Waals surface area contributed by atoms with E-state index in [-0.39, 0.29) is 24.0 Å². The summed E-state index contributed by atoms with van der Waals surface area (Å²) < 4.78 is 5.30. The second kappa shape index (κ2) is 12.0. The van der Waals surface area contributed by atoms with Crippen molar-refractivity contribution >= 4 is 29.9 Å². The average Bonchev–Trinajstić information content (AvgIpc) is 2.38. The molecule has 1 saturated carbocycles. The van der Waals surface area contributed by atoms with E-state index in [9.17, 15) is 0 Å². The third-order valence-corrected chi connectivity index (χ3v) is 3.13. The maximum Gasteiger partial charge on any atom is 0.191 e. The summed E-state index contributed by atoms with van der Waals surface area (Å²) in [5.41, 5.74) is 0. The lowest BCUT2D eigenvalue weighted by molar-refractivity contribution is 0.145. The van der Waals surface area contributed by atoms with Crippen LogP contribution in [0.1, 0.15) is 45.4 Å². The van der Waals surface area contributed by atoms with Gasteiger partial charge in [0, 0.05) is 32.8 Å².